The molecule has 0 amide bonds. The SMILES string of the molecule is C#C[C@]1(O)CCC2C3CCc4ccc(O)cc4C3CC[C@@]21C. The number of aryl methyl sites for hydroxylation is 1. The highest BCUT2D eigenvalue weighted by atomic mass is 16.3. The number of rotatable bonds is 0. The van der Waals surface area contributed by atoms with Gasteiger partial charge in [0.1, 0.15) is 11.4 Å². The van der Waals surface area contributed by atoms with Crippen molar-refractivity contribution in [2.75, 3.05) is 0 Å². The molecule has 116 valence electrons. The Morgan fingerprint density at radius 3 is 2.82 bits per heavy atom. The largest absolute Gasteiger partial charge is 0.508 e. The molecule has 0 aromatic heterocycles. The van der Waals surface area contributed by atoms with Crippen LogP contribution in [-0.2, 0) is 6.42 Å². The summed E-state index contributed by atoms with van der Waals surface area (Å²) in [6.45, 7) is 2.21. The smallest absolute Gasteiger partial charge is 0.130 e. The summed E-state index contributed by atoms with van der Waals surface area (Å²) in [6.07, 6.45) is 11.8. The maximum atomic E-state index is 10.9. The topological polar surface area (TPSA) is 40.5 Å². The molecule has 0 bridgehead atoms. The molecule has 3 aliphatic rings. The van der Waals surface area contributed by atoms with Gasteiger partial charge in [0.2, 0.25) is 0 Å². The minimum absolute atomic E-state index is 0.142. The van der Waals surface area contributed by atoms with Gasteiger partial charge in [0, 0.05) is 5.41 Å². The summed E-state index contributed by atoms with van der Waals surface area (Å²) in [5, 5.41) is 20.8. The molecule has 2 heteroatoms. The van der Waals surface area contributed by atoms with E-state index in [4.69, 9.17) is 6.42 Å². The van der Waals surface area contributed by atoms with Crippen molar-refractivity contribution < 1.29 is 10.2 Å². The second-order valence-electron chi connectivity index (χ2n) is 7.80. The lowest BCUT2D eigenvalue weighted by molar-refractivity contribution is -0.0647. The van der Waals surface area contributed by atoms with E-state index in [2.05, 4.69) is 18.9 Å². The van der Waals surface area contributed by atoms with Gasteiger partial charge in [0.15, 0.2) is 0 Å². The fourth-order valence-corrected chi connectivity index (χ4v) is 5.81. The van der Waals surface area contributed by atoms with E-state index in [1.54, 1.807) is 6.07 Å². The van der Waals surface area contributed by atoms with Gasteiger partial charge < -0.3 is 10.2 Å². The van der Waals surface area contributed by atoms with Gasteiger partial charge >= 0.3 is 0 Å². The third kappa shape index (κ3) is 1.66. The van der Waals surface area contributed by atoms with E-state index in [0.717, 1.165) is 32.1 Å². The molecule has 1 aromatic rings. The summed E-state index contributed by atoms with van der Waals surface area (Å²) in [5.74, 6) is 4.71. The van der Waals surface area contributed by atoms with Gasteiger partial charge in [-0.15, -0.1) is 6.42 Å². The Morgan fingerprint density at radius 1 is 1.23 bits per heavy atom. The van der Waals surface area contributed by atoms with E-state index in [9.17, 15) is 10.2 Å². The molecule has 5 atom stereocenters. The highest BCUT2D eigenvalue weighted by Crippen LogP contribution is 2.64. The molecule has 2 N–H and O–H groups in total. The number of phenols is 1. The maximum absolute atomic E-state index is 10.9. The zero-order valence-electron chi connectivity index (χ0n) is 13.2. The van der Waals surface area contributed by atoms with Crippen molar-refractivity contribution in [3.05, 3.63) is 29.3 Å². The van der Waals surface area contributed by atoms with Crippen LogP contribution in [0.4, 0.5) is 0 Å². The molecule has 0 spiro atoms. The first kappa shape index (κ1) is 14.2. The van der Waals surface area contributed by atoms with Crippen LogP contribution in [-0.4, -0.2) is 15.8 Å². The quantitative estimate of drug-likeness (QED) is 0.718. The number of hydrogen-bond donors (Lipinski definition) is 2. The predicted molar refractivity (Wildman–Crippen MR) is 86.5 cm³/mol. The van der Waals surface area contributed by atoms with Crippen LogP contribution in [0.25, 0.3) is 0 Å². The normalized spacial score (nSPS) is 42.9. The Kier molecular flexibility index (Phi) is 2.91. The molecule has 3 unspecified atom stereocenters. The molecule has 2 saturated carbocycles. The average Bonchev–Trinajstić information content (AvgIpc) is 2.79. The monoisotopic (exact) mass is 296 g/mol. The number of hydrogen-bond acceptors (Lipinski definition) is 2. The van der Waals surface area contributed by atoms with Crippen molar-refractivity contribution in [1.82, 2.24) is 0 Å². The zero-order valence-corrected chi connectivity index (χ0v) is 13.2. The van der Waals surface area contributed by atoms with E-state index >= 15 is 0 Å². The molecule has 2 fully saturated rings. The average molecular weight is 296 g/mol. The van der Waals surface area contributed by atoms with Gasteiger partial charge in [-0.25, -0.2) is 0 Å². The van der Waals surface area contributed by atoms with Gasteiger partial charge in [-0.1, -0.05) is 18.9 Å². The third-order valence-electron chi connectivity index (χ3n) is 7.10. The molecule has 4 rings (SSSR count). The second-order valence-corrected chi connectivity index (χ2v) is 7.80. The Morgan fingerprint density at radius 2 is 2.05 bits per heavy atom. The Balaban J connectivity index is 1.74. The standard InChI is InChI=1S/C20H24O2/c1-3-20(22)11-9-18-16-7-5-13-4-6-14(21)12-17(13)15(16)8-10-19(18,20)2/h1,4,6,12,15-16,18,21-22H,5,7-11H2,2H3/t15?,16?,18?,19-,20-/m0/s1. The van der Waals surface area contributed by atoms with Crippen molar-refractivity contribution in [3.8, 4) is 18.1 Å². The van der Waals surface area contributed by atoms with E-state index in [1.807, 2.05) is 6.07 Å². The number of phenolic OH excluding ortho intramolecular Hbond substituents is 1. The maximum Gasteiger partial charge on any atom is 0.130 e. The van der Waals surface area contributed by atoms with E-state index in [-0.39, 0.29) is 5.41 Å². The number of benzene rings is 1. The Hall–Kier alpha value is -1.46. The molecule has 1 aromatic carbocycles. The van der Waals surface area contributed by atoms with Crippen LogP contribution >= 0.6 is 0 Å². The summed E-state index contributed by atoms with van der Waals surface area (Å²) >= 11 is 0. The van der Waals surface area contributed by atoms with Gasteiger partial charge in [0.05, 0.1) is 0 Å². The highest BCUT2D eigenvalue weighted by molar-refractivity contribution is 5.40. The Bertz CT molecular complexity index is 658. The molecule has 0 radical (unpaired) electrons. The lowest BCUT2D eigenvalue weighted by Gasteiger charge is -2.52. The molecule has 22 heavy (non-hydrogen) atoms. The number of terminal acetylenes is 1. The van der Waals surface area contributed by atoms with Crippen molar-refractivity contribution in [2.24, 2.45) is 17.3 Å². The van der Waals surface area contributed by atoms with Crippen molar-refractivity contribution in [1.29, 1.82) is 0 Å². The van der Waals surface area contributed by atoms with Gasteiger partial charge in [-0.3, -0.25) is 0 Å². The molecular weight excluding hydrogens is 272 g/mol. The second kappa shape index (κ2) is 4.52. The van der Waals surface area contributed by atoms with Crippen LogP contribution in [0.15, 0.2) is 18.2 Å². The first-order valence-electron chi connectivity index (χ1n) is 8.50. The van der Waals surface area contributed by atoms with E-state index in [1.165, 1.54) is 17.5 Å². The fraction of sp³-hybridized carbons (Fsp3) is 0.600. The molecule has 0 aliphatic heterocycles. The molecule has 3 aliphatic carbocycles. The van der Waals surface area contributed by atoms with Crippen LogP contribution in [0.5, 0.6) is 5.75 Å². The number of aliphatic hydroxyl groups is 1. The molecule has 0 saturated heterocycles. The Labute approximate surface area is 132 Å². The van der Waals surface area contributed by atoms with Crippen LogP contribution < -0.4 is 0 Å². The summed E-state index contributed by atoms with van der Waals surface area (Å²) < 4.78 is 0. The van der Waals surface area contributed by atoms with Gasteiger partial charge in [-0.05, 0) is 79.5 Å². The summed E-state index contributed by atoms with van der Waals surface area (Å²) in [5.41, 5.74) is 1.67. The summed E-state index contributed by atoms with van der Waals surface area (Å²) in [6, 6.07) is 5.86. The van der Waals surface area contributed by atoms with E-state index < -0.39 is 5.60 Å². The fourth-order valence-electron chi connectivity index (χ4n) is 5.81. The predicted octanol–water partition coefficient (Wildman–Crippen LogP) is 3.61. The molecule has 0 heterocycles. The minimum atomic E-state index is -0.929. The van der Waals surface area contributed by atoms with E-state index in [0.29, 0.717) is 23.5 Å². The summed E-state index contributed by atoms with van der Waals surface area (Å²) in [4.78, 5) is 0. The highest BCUT2D eigenvalue weighted by Gasteiger charge is 2.61. The van der Waals surface area contributed by atoms with Gasteiger partial charge in [-0.2, -0.15) is 0 Å². The van der Waals surface area contributed by atoms with Crippen molar-refractivity contribution in [2.45, 2.75) is 57.0 Å². The number of aromatic hydroxyl groups is 1. The minimum Gasteiger partial charge on any atom is -0.508 e. The van der Waals surface area contributed by atoms with Crippen molar-refractivity contribution in [3.63, 3.8) is 0 Å². The first-order chi connectivity index (χ1) is 10.5. The molecule has 2 nitrogen and oxygen atoms in total. The van der Waals surface area contributed by atoms with Crippen LogP contribution in [0.3, 0.4) is 0 Å². The van der Waals surface area contributed by atoms with Crippen LogP contribution in [0, 0.1) is 29.6 Å². The third-order valence-corrected chi connectivity index (χ3v) is 7.10. The van der Waals surface area contributed by atoms with Crippen LogP contribution in [0.1, 0.15) is 56.1 Å². The molecular formula is C20H24O2. The lowest BCUT2D eigenvalue weighted by Crippen LogP contribution is -2.50. The first-order valence-corrected chi connectivity index (χ1v) is 8.50. The van der Waals surface area contributed by atoms with Gasteiger partial charge in [0.25, 0.3) is 0 Å². The van der Waals surface area contributed by atoms with Crippen molar-refractivity contribution >= 4 is 0 Å². The summed E-state index contributed by atoms with van der Waals surface area (Å²) in [7, 11) is 0. The van der Waals surface area contributed by atoms with Crippen LogP contribution in [0.2, 0.25) is 0 Å². The lowest BCUT2D eigenvalue weighted by atomic mass is 9.53. The zero-order chi connectivity index (χ0) is 15.5. The number of fused-ring (bicyclic) bond motifs is 5.